The average Bonchev–Trinajstić information content (AvgIpc) is 2.62. The predicted octanol–water partition coefficient (Wildman–Crippen LogP) is 2.63. The Morgan fingerprint density at radius 2 is 1.84 bits per heavy atom. The minimum Gasteiger partial charge on any atom is -0.497 e. The van der Waals surface area contributed by atoms with Crippen LogP contribution in [0.3, 0.4) is 0 Å². The van der Waals surface area contributed by atoms with Gasteiger partial charge in [-0.15, -0.1) is 0 Å². The van der Waals surface area contributed by atoms with Gasteiger partial charge in [0.15, 0.2) is 0 Å². The topological polar surface area (TPSA) is 76.7 Å². The largest absolute Gasteiger partial charge is 0.497 e. The highest BCUT2D eigenvalue weighted by Gasteiger charge is 2.11. The molecule has 0 saturated heterocycles. The molecule has 0 heterocycles. The third-order valence-corrected chi connectivity index (χ3v) is 3.59. The van der Waals surface area contributed by atoms with Gasteiger partial charge in [0.05, 0.1) is 20.6 Å². The fraction of sp³-hybridized carbons (Fsp3) is 0.263. The van der Waals surface area contributed by atoms with Gasteiger partial charge in [0.25, 0.3) is 5.91 Å². The van der Waals surface area contributed by atoms with Crippen molar-refractivity contribution in [3.8, 4) is 11.5 Å². The van der Waals surface area contributed by atoms with Gasteiger partial charge >= 0.3 is 0 Å². The van der Waals surface area contributed by atoms with E-state index < -0.39 is 0 Å². The quantitative estimate of drug-likeness (QED) is 0.811. The van der Waals surface area contributed by atoms with Crippen molar-refractivity contribution in [1.29, 1.82) is 0 Å². The van der Waals surface area contributed by atoms with E-state index in [0.29, 0.717) is 29.3 Å². The van der Waals surface area contributed by atoms with E-state index in [4.69, 9.17) is 9.47 Å². The zero-order valence-electron chi connectivity index (χ0n) is 14.6. The molecule has 132 valence electrons. The molecule has 0 aliphatic heterocycles. The van der Waals surface area contributed by atoms with Crippen LogP contribution in [-0.4, -0.2) is 32.6 Å². The maximum atomic E-state index is 12.3. The molecule has 0 fully saturated rings. The Morgan fingerprint density at radius 1 is 1.04 bits per heavy atom. The zero-order valence-corrected chi connectivity index (χ0v) is 14.6. The number of hydrogen-bond donors (Lipinski definition) is 2. The van der Waals surface area contributed by atoms with Crippen molar-refractivity contribution in [3.05, 3.63) is 53.6 Å². The fourth-order valence-corrected chi connectivity index (χ4v) is 2.38. The summed E-state index contributed by atoms with van der Waals surface area (Å²) in [7, 11) is 3.12. The van der Waals surface area contributed by atoms with E-state index in [1.54, 1.807) is 56.7 Å². The second-order valence-corrected chi connectivity index (χ2v) is 5.34. The summed E-state index contributed by atoms with van der Waals surface area (Å²) in [5.74, 6) is 0.883. The second kappa shape index (κ2) is 8.73. The van der Waals surface area contributed by atoms with Crippen LogP contribution in [0, 0.1) is 0 Å². The monoisotopic (exact) mass is 342 g/mol. The summed E-state index contributed by atoms with van der Waals surface area (Å²) in [6.45, 7) is 2.40. The van der Waals surface area contributed by atoms with Crippen LogP contribution < -0.4 is 20.1 Å². The van der Waals surface area contributed by atoms with Crippen LogP contribution in [0.2, 0.25) is 0 Å². The summed E-state index contributed by atoms with van der Waals surface area (Å²) in [6, 6.07) is 12.1. The van der Waals surface area contributed by atoms with Crippen molar-refractivity contribution >= 4 is 17.5 Å². The third-order valence-electron chi connectivity index (χ3n) is 3.59. The SMILES string of the molecule is CCNC(=O)c1cccc(NC(=O)Cc2ccc(OC)cc2OC)c1. The van der Waals surface area contributed by atoms with Gasteiger partial charge in [0, 0.05) is 29.4 Å². The molecule has 0 aromatic heterocycles. The molecule has 0 aliphatic rings. The van der Waals surface area contributed by atoms with Crippen LogP contribution in [0.15, 0.2) is 42.5 Å². The van der Waals surface area contributed by atoms with E-state index in [2.05, 4.69) is 10.6 Å². The predicted molar refractivity (Wildman–Crippen MR) is 96.3 cm³/mol. The first kappa shape index (κ1) is 18.3. The summed E-state index contributed by atoms with van der Waals surface area (Å²) in [6.07, 6.45) is 0.151. The molecule has 2 N–H and O–H groups in total. The Morgan fingerprint density at radius 3 is 2.52 bits per heavy atom. The van der Waals surface area contributed by atoms with Crippen molar-refractivity contribution in [2.75, 3.05) is 26.1 Å². The first-order chi connectivity index (χ1) is 12.1. The minimum absolute atomic E-state index is 0.151. The van der Waals surface area contributed by atoms with Crippen LogP contribution in [0.1, 0.15) is 22.8 Å². The average molecular weight is 342 g/mol. The number of hydrogen-bond acceptors (Lipinski definition) is 4. The third kappa shape index (κ3) is 4.97. The molecule has 2 aromatic rings. The number of rotatable bonds is 7. The molecule has 2 rings (SSSR count). The van der Waals surface area contributed by atoms with Gasteiger partial charge in [0.2, 0.25) is 5.91 Å². The Balaban J connectivity index is 2.08. The summed E-state index contributed by atoms with van der Waals surface area (Å²) >= 11 is 0. The first-order valence-electron chi connectivity index (χ1n) is 7.96. The van der Waals surface area contributed by atoms with Gasteiger partial charge < -0.3 is 20.1 Å². The number of methoxy groups -OCH3 is 2. The van der Waals surface area contributed by atoms with E-state index in [9.17, 15) is 9.59 Å². The molecule has 0 atom stereocenters. The van der Waals surface area contributed by atoms with Gasteiger partial charge in [-0.2, -0.15) is 0 Å². The van der Waals surface area contributed by atoms with Gasteiger partial charge in [0.1, 0.15) is 11.5 Å². The lowest BCUT2D eigenvalue weighted by Crippen LogP contribution is -2.23. The lowest BCUT2D eigenvalue weighted by molar-refractivity contribution is -0.115. The smallest absolute Gasteiger partial charge is 0.251 e. The van der Waals surface area contributed by atoms with Crippen LogP contribution >= 0.6 is 0 Å². The van der Waals surface area contributed by atoms with Gasteiger partial charge in [-0.1, -0.05) is 12.1 Å². The molecule has 0 bridgehead atoms. The van der Waals surface area contributed by atoms with E-state index in [1.807, 2.05) is 6.92 Å². The number of carbonyl (C=O) groups excluding carboxylic acids is 2. The molecule has 0 aliphatic carbocycles. The lowest BCUT2D eigenvalue weighted by Gasteiger charge is -2.11. The van der Waals surface area contributed by atoms with Gasteiger partial charge in [-0.25, -0.2) is 0 Å². The van der Waals surface area contributed by atoms with E-state index in [1.165, 1.54) is 0 Å². The molecule has 0 unspecified atom stereocenters. The molecular weight excluding hydrogens is 320 g/mol. The van der Waals surface area contributed by atoms with Crippen LogP contribution in [0.5, 0.6) is 11.5 Å². The van der Waals surface area contributed by atoms with Crippen molar-refractivity contribution in [1.82, 2.24) is 5.32 Å². The van der Waals surface area contributed by atoms with Crippen molar-refractivity contribution in [3.63, 3.8) is 0 Å². The summed E-state index contributed by atoms with van der Waals surface area (Å²) in [5, 5.41) is 5.53. The molecule has 6 nitrogen and oxygen atoms in total. The number of amides is 2. The van der Waals surface area contributed by atoms with Crippen molar-refractivity contribution in [2.45, 2.75) is 13.3 Å². The Kier molecular flexibility index (Phi) is 6.39. The van der Waals surface area contributed by atoms with E-state index in [0.717, 1.165) is 5.56 Å². The first-order valence-corrected chi connectivity index (χ1v) is 7.96. The summed E-state index contributed by atoms with van der Waals surface area (Å²) in [4.78, 5) is 24.2. The van der Waals surface area contributed by atoms with Gasteiger partial charge in [-0.3, -0.25) is 9.59 Å². The molecule has 2 aromatic carbocycles. The fourth-order valence-electron chi connectivity index (χ4n) is 2.38. The molecule has 0 spiro atoms. The van der Waals surface area contributed by atoms with E-state index >= 15 is 0 Å². The molecular formula is C19H22N2O4. The normalized spacial score (nSPS) is 10.0. The molecule has 6 heteroatoms. The maximum Gasteiger partial charge on any atom is 0.251 e. The molecule has 2 amide bonds. The number of benzene rings is 2. The number of anilines is 1. The molecule has 25 heavy (non-hydrogen) atoms. The van der Waals surface area contributed by atoms with Crippen LogP contribution in [0.4, 0.5) is 5.69 Å². The number of ether oxygens (including phenoxy) is 2. The summed E-state index contributed by atoms with van der Waals surface area (Å²) < 4.78 is 10.5. The van der Waals surface area contributed by atoms with Crippen molar-refractivity contribution in [2.24, 2.45) is 0 Å². The van der Waals surface area contributed by atoms with Gasteiger partial charge in [-0.05, 0) is 31.2 Å². The van der Waals surface area contributed by atoms with E-state index in [-0.39, 0.29) is 18.2 Å². The highest BCUT2D eigenvalue weighted by atomic mass is 16.5. The van der Waals surface area contributed by atoms with Crippen molar-refractivity contribution < 1.29 is 19.1 Å². The molecule has 0 saturated carbocycles. The zero-order chi connectivity index (χ0) is 18.2. The highest BCUT2D eigenvalue weighted by molar-refractivity contribution is 5.97. The Bertz CT molecular complexity index is 759. The Labute approximate surface area is 147 Å². The number of carbonyl (C=O) groups is 2. The lowest BCUT2D eigenvalue weighted by atomic mass is 10.1. The minimum atomic E-state index is -0.198. The van der Waals surface area contributed by atoms with Crippen LogP contribution in [0.25, 0.3) is 0 Å². The Hall–Kier alpha value is -3.02. The number of nitrogens with one attached hydrogen (secondary N) is 2. The molecule has 0 radical (unpaired) electrons. The highest BCUT2D eigenvalue weighted by Crippen LogP contribution is 2.25. The van der Waals surface area contributed by atoms with Crippen LogP contribution in [-0.2, 0) is 11.2 Å². The second-order valence-electron chi connectivity index (χ2n) is 5.34. The standard InChI is InChI=1S/C19H22N2O4/c1-4-20-19(23)14-6-5-7-15(10-14)21-18(22)11-13-8-9-16(24-2)12-17(13)25-3/h5-10,12H,4,11H2,1-3H3,(H,20,23)(H,21,22). The maximum absolute atomic E-state index is 12.3. The summed E-state index contributed by atoms with van der Waals surface area (Å²) in [5.41, 5.74) is 1.82.